The van der Waals surface area contributed by atoms with Gasteiger partial charge in [-0.15, -0.1) is 0 Å². The fourth-order valence-electron chi connectivity index (χ4n) is 4.09. The topological polar surface area (TPSA) is 71.8 Å². The number of hydrogen-bond acceptors (Lipinski definition) is 4. The Morgan fingerprint density at radius 3 is 2.56 bits per heavy atom. The molecule has 8 heteroatoms. The number of carboxylic acid groups (broad SMARTS) is 1. The van der Waals surface area contributed by atoms with Crippen LogP contribution in [0.5, 0.6) is 5.75 Å². The van der Waals surface area contributed by atoms with Crippen LogP contribution in [-0.4, -0.2) is 29.3 Å². The number of benzene rings is 2. The first-order chi connectivity index (χ1) is 15.4. The molecule has 6 nitrogen and oxygen atoms in total. The molecule has 0 saturated heterocycles. The Bertz CT molecular complexity index is 1220. The van der Waals surface area contributed by atoms with E-state index < -0.39 is 5.97 Å². The van der Waals surface area contributed by atoms with Crippen molar-refractivity contribution in [1.82, 2.24) is 4.57 Å². The SMILES string of the molecule is COc1cccc2c1N(Cc1c(Cl)cc(Cl)c(=O)n1CCc1ccc(C(=O)O)cc1)CC2. The molecule has 166 valence electrons. The van der Waals surface area contributed by atoms with Gasteiger partial charge in [0, 0.05) is 13.1 Å². The van der Waals surface area contributed by atoms with Crippen LogP contribution in [0.25, 0.3) is 0 Å². The fourth-order valence-corrected chi connectivity index (χ4v) is 4.63. The Labute approximate surface area is 195 Å². The highest BCUT2D eigenvalue weighted by Gasteiger charge is 2.25. The van der Waals surface area contributed by atoms with E-state index in [0.717, 1.165) is 30.0 Å². The third kappa shape index (κ3) is 4.33. The molecule has 2 heterocycles. The van der Waals surface area contributed by atoms with Crippen molar-refractivity contribution in [3.05, 3.63) is 91.3 Å². The molecular formula is C24H22Cl2N2O4. The monoisotopic (exact) mass is 472 g/mol. The number of pyridine rings is 1. The number of aromatic nitrogens is 1. The number of fused-ring (bicyclic) bond motifs is 1. The van der Waals surface area contributed by atoms with Gasteiger partial charge in [0.25, 0.3) is 5.56 Å². The highest BCUT2D eigenvalue weighted by atomic mass is 35.5. The summed E-state index contributed by atoms with van der Waals surface area (Å²) in [5, 5.41) is 9.57. The van der Waals surface area contributed by atoms with Crippen LogP contribution < -0.4 is 15.2 Å². The Morgan fingerprint density at radius 2 is 1.88 bits per heavy atom. The Morgan fingerprint density at radius 1 is 1.12 bits per heavy atom. The average Bonchev–Trinajstić information content (AvgIpc) is 3.20. The second kappa shape index (κ2) is 9.27. The maximum atomic E-state index is 12.9. The quantitative estimate of drug-likeness (QED) is 0.540. The van der Waals surface area contributed by atoms with Crippen LogP contribution >= 0.6 is 23.2 Å². The highest BCUT2D eigenvalue weighted by molar-refractivity contribution is 6.34. The molecule has 0 fully saturated rings. The van der Waals surface area contributed by atoms with Gasteiger partial charge in [-0.25, -0.2) is 4.79 Å². The van der Waals surface area contributed by atoms with E-state index in [1.165, 1.54) is 11.6 Å². The number of nitrogens with zero attached hydrogens (tertiary/aromatic N) is 2. The number of anilines is 1. The van der Waals surface area contributed by atoms with E-state index in [9.17, 15) is 9.59 Å². The predicted molar refractivity (Wildman–Crippen MR) is 126 cm³/mol. The van der Waals surface area contributed by atoms with E-state index >= 15 is 0 Å². The van der Waals surface area contributed by atoms with Crippen LogP contribution in [-0.2, 0) is 25.9 Å². The largest absolute Gasteiger partial charge is 0.495 e. The van der Waals surface area contributed by atoms with Gasteiger partial charge in [-0.3, -0.25) is 4.79 Å². The van der Waals surface area contributed by atoms with E-state index in [-0.39, 0.29) is 16.1 Å². The molecule has 1 aliphatic rings. The van der Waals surface area contributed by atoms with Gasteiger partial charge in [0.05, 0.1) is 35.6 Å². The summed E-state index contributed by atoms with van der Waals surface area (Å²) in [5.41, 5.74) is 3.73. The van der Waals surface area contributed by atoms with Crippen molar-refractivity contribution in [2.75, 3.05) is 18.6 Å². The summed E-state index contributed by atoms with van der Waals surface area (Å²) in [7, 11) is 1.65. The summed E-state index contributed by atoms with van der Waals surface area (Å²) < 4.78 is 7.17. The number of hydrogen-bond donors (Lipinski definition) is 1. The molecule has 4 rings (SSSR count). The second-order valence-electron chi connectivity index (χ2n) is 7.64. The summed E-state index contributed by atoms with van der Waals surface area (Å²) in [5.74, 6) is -0.185. The van der Waals surface area contributed by atoms with Crippen LogP contribution in [0, 0.1) is 0 Å². The zero-order valence-electron chi connectivity index (χ0n) is 17.5. The van der Waals surface area contributed by atoms with Crippen molar-refractivity contribution >= 4 is 34.9 Å². The zero-order valence-corrected chi connectivity index (χ0v) is 19.0. The van der Waals surface area contributed by atoms with Gasteiger partial charge in [0.1, 0.15) is 10.8 Å². The van der Waals surface area contributed by atoms with Gasteiger partial charge in [0.15, 0.2) is 0 Å². The molecule has 1 aromatic heterocycles. The minimum absolute atomic E-state index is 0.0689. The number of ether oxygens (including phenoxy) is 1. The molecule has 0 atom stereocenters. The minimum atomic E-state index is -0.974. The maximum absolute atomic E-state index is 12.9. The molecule has 0 bridgehead atoms. The Balaban J connectivity index is 1.64. The standard InChI is InChI=1S/C24H22Cl2N2O4/c1-32-21-4-2-3-16-10-11-27(22(16)21)14-20-18(25)13-19(26)23(29)28(20)12-9-15-5-7-17(8-6-15)24(30)31/h2-8,13H,9-12,14H2,1H3,(H,30,31). The van der Waals surface area contributed by atoms with Crippen LogP contribution in [0.1, 0.15) is 27.2 Å². The van der Waals surface area contributed by atoms with E-state index in [2.05, 4.69) is 11.0 Å². The molecule has 0 amide bonds. The van der Waals surface area contributed by atoms with Crippen LogP contribution in [0.2, 0.25) is 10.0 Å². The molecule has 0 saturated carbocycles. The molecule has 2 aromatic carbocycles. The molecule has 0 aliphatic carbocycles. The van der Waals surface area contributed by atoms with E-state index in [1.807, 2.05) is 12.1 Å². The van der Waals surface area contributed by atoms with Gasteiger partial charge in [-0.05, 0) is 48.2 Å². The van der Waals surface area contributed by atoms with Crippen molar-refractivity contribution < 1.29 is 14.6 Å². The summed E-state index contributed by atoms with van der Waals surface area (Å²) in [6, 6.07) is 14.1. The number of rotatable bonds is 7. The van der Waals surface area contributed by atoms with Crippen molar-refractivity contribution in [2.24, 2.45) is 0 Å². The van der Waals surface area contributed by atoms with Gasteiger partial charge in [0.2, 0.25) is 0 Å². The van der Waals surface area contributed by atoms with Crippen molar-refractivity contribution in [3.63, 3.8) is 0 Å². The first-order valence-electron chi connectivity index (χ1n) is 10.2. The second-order valence-corrected chi connectivity index (χ2v) is 8.45. The summed E-state index contributed by atoms with van der Waals surface area (Å²) >= 11 is 12.7. The summed E-state index contributed by atoms with van der Waals surface area (Å²) in [6.45, 7) is 1.60. The zero-order chi connectivity index (χ0) is 22.8. The lowest BCUT2D eigenvalue weighted by molar-refractivity contribution is 0.0697. The van der Waals surface area contributed by atoms with E-state index in [1.54, 1.807) is 35.9 Å². The molecule has 0 unspecified atom stereocenters. The molecule has 0 radical (unpaired) electrons. The lowest BCUT2D eigenvalue weighted by Gasteiger charge is -2.24. The minimum Gasteiger partial charge on any atom is -0.495 e. The Hall–Kier alpha value is -2.96. The Kier molecular flexibility index (Phi) is 6.44. The van der Waals surface area contributed by atoms with Crippen LogP contribution in [0.4, 0.5) is 5.69 Å². The fraction of sp³-hybridized carbons (Fsp3) is 0.250. The number of carboxylic acids is 1. The predicted octanol–water partition coefficient (Wildman–Crippen LogP) is 4.67. The van der Waals surface area contributed by atoms with Gasteiger partial charge in [-0.2, -0.15) is 0 Å². The maximum Gasteiger partial charge on any atom is 0.335 e. The number of methoxy groups -OCH3 is 1. The number of halogens is 2. The van der Waals surface area contributed by atoms with Crippen molar-refractivity contribution in [3.8, 4) is 5.75 Å². The van der Waals surface area contributed by atoms with Gasteiger partial charge < -0.3 is 19.3 Å². The molecule has 3 aromatic rings. The smallest absolute Gasteiger partial charge is 0.335 e. The number of para-hydroxylation sites is 1. The molecule has 1 aliphatic heterocycles. The lowest BCUT2D eigenvalue weighted by atomic mass is 10.1. The molecular weight excluding hydrogens is 451 g/mol. The van der Waals surface area contributed by atoms with E-state index in [4.69, 9.17) is 33.0 Å². The third-order valence-electron chi connectivity index (χ3n) is 5.74. The van der Waals surface area contributed by atoms with Crippen molar-refractivity contribution in [2.45, 2.75) is 25.9 Å². The van der Waals surface area contributed by atoms with Gasteiger partial charge in [-0.1, -0.05) is 47.5 Å². The van der Waals surface area contributed by atoms with Crippen LogP contribution in [0.3, 0.4) is 0 Å². The molecule has 0 spiro atoms. The average molecular weight is 473 g/mol. The number of carbonyl (C=O) groups is 1. The van der Waals surface area contributed by atoms with E-state index in [0.29, 0.717) is 30.2 Å². The van der Waals surface area contributed by atoms with Gasteiger partial charge >= 0.3 is 5.97 Å². The summed E-state index contributed by atoms with van der Waals surface area (Å²) in [6.07, 6.45) is 1.42. The highest BCUT2D eigenvalue weighted by Crippen LogP contribution is 2.38. The third-order valence-corrected chi connectivity index (χ3v) is 6.34. The number of aromatic carboxylic acids is 1. The van der Waals surface area contributed by atoms with Crippen LogP contribution in [0.15, 0.2) is 53.3 Å². The normalized spacial score (nSPS) is 12.7. The lowest BCUT2D eigenvalue weighted by Crippen LogP contribution is -2.30. The first kappa shape index (κ1) is 22.2. The molecule has 32 heavy (non-hydrogen) atoms. The summed E-state index contributed by atoms with van der Waals surface area (Å²) in [4.78, 5) is 26.1. The van der Waals surface area contributed by atoms with Crippen molar-refractivity contribution in [1.29, 1.82) is 0 Å². The molecule has 1 N–H and O–H groups in total. The number of aryl methyl sites for hydroxylation is 1. The first-order valence-corrected chi connectivity index (χ1v) is 11.0.